The molecular weight excluding hydrogens is 298 g/mol. The van der Waals surface area contributed by atoms with Crippen LogP contribution in [0, 0.1) is 0 Å². The van der Waals surface area contributed by atoms with Crippen molar-refractivity contribution < 1.29 is 19.0 Å². The Bertz CT molecular complexity index is 321. The molecule has 1 amide bonds. The maximum absolute atomic E-state index is 11.7. The SMILES string of the molecule is COCCN(C(C)COC)C(CN)CCNC(=O)OC(C)(C)C. The highest BCUT2D eigenvalue weighted by molar-refractivity contribution is 5.67. The zero-order valence-corrected chi connectivity index (χ0v) is 15.6. The molecule has 0 aromatic rings. The lowest BCUT2D eigenvalue weighted by molar-refractivity contribution is 0.0427. The van der Waals surface area contributed by atoms with Gasteiger partial charge in [0.2, 0.25) is 0 Å². The maximum atomic E-state index is 11.7. The molecule has 0 aliphatic rings. The molecule has 3 N–H and O–H groups in total. The first-order valence-electron chi connectivity index (χ1n) is 8.15. The Kier molecular flexibility index (Phi) is 11.2. The monoisotopic (exact) mass is 333 g/mol. The van der Waals surface area contributed by atoms with Crippen LogP contribution in [-0.4, -0.2) is 75.7 Å². The third kappa shape index (κ3) is 10.5. The van der Waals surface area contributed by atoms with Gasteiger partial charge in [-0.25, -0.2) is 4.79 Å². The van der Waals surface area contributed by atoms with Gasteiger partial charge in [-0.15, -0.1) is 0 Å². The summed E-state index contributed by atoms with van der Waals surface area (Å²) in [5.41, 5.74) is 5.44. The average molecular weight is 333 g/mol. The van der Waals surface area contributed by atoms with E-state index in [4.69, 9.17) is 19.9 Å². The van der Waals surface area contributed by atoms with E-state index in [0.29, 0.717) is 26.3 Å². The second kappa shape index (κ2) is 11.6. The van der Waals surface area contributed by atoms with Crippen LogP contribution in [0.1, 0.15) is 34.1 Å². The Morgan fingerprint density at radius 1 is 1.26 bits per heavy atom. The van der Waals surface area contributed by atoms with Crippen LogP contribution in [0.4, 0.5) is 4.79 Å². The number of hydrogen-bond acceptors (Lipinski definition) is 6. The Balaban J connectivity index is 4.47. The van der Waals surface area contributed by atoms with Crippen molar-refractivity contribution in [2.24, 2.45) is 5.73 Å². The largest absolute Gasteiger partial charge is 0.444 e. The van der Waals surface area contributed by atoms with Crippen LogP contribution in [0.3, 0.4) is 0 Å². The molecule has 2 unspecified atom stereocenters. The number of alkyl carbamates (subject to hydrolysis) is 1. The standard InChI is InChI=1S/C16H35N3O4/c1-13(12-22-6)19(9-10-21-5)14(11-17)7-8-18-15(20)23-16(2,3)4/h13-14H,7-12,17H2,1-6H3,(H,18,20). The van der Waals surface area contributed by atoms with E-state index in [1.54, 1.807) is 14.2 Å². The number of nitrogens with two attached hydrogens (primary N) is 1. The fraction of sp³-hybridized carbons (Fsp3) is 0.938. The van der Waals surface area contributed by atoms with Crippen molar-refractivity contribution in [2.45, 2.75) is 51.8 Å². The highest BCUT2D eigenvalue weighted by Crippen LogP contribution is 2.10. The molecule has 0 saturated carbocycles. The Labute approximate surface area is 140 Å². The molecule has 0 bridgehead atoms. The smallest absolute Gasteiger partial charge is 0.407 e. The van der Waals surface area contributed by atoms with Crippen LogP contribution in [0.2, 0.25) is 0 Å². The molecule has 138 valence electrons. The van der Waals surface area contributed by atoms with E-state index in [9.17, 15) is 4.79 Å². The summed E-state index contributed by atoms with van der Waals surface area (Å²) in [6.07, 6.45) is 0.342. The van der Waals surface area contributed by atoms with Gasteiger partial charge in [-0.1, -0.05) is 0 Å². The summed E-state index contributed by atoms with van der Waals surface area (Å²) in [6.45, 7) is 10.7. The quantitative estimate of drug-likeness (QED) is 0.591. The van der Waals surface area contributed by atoms with Crippen LogP contribution in [-0.2, 0) is 14.2 Å². The van der Waals surface area contributed by atoms with Gasteiger partial charge in [-0.3, -0.25) is 4.90 Å². The van der Waals surface area contributed by atoms with Crippen molar-refractivity contribution in [3.8, 4) is 0 Å². The Morgan fingerprint density at radius 2 is 1.91 bits per heavy atom. The minimum atomic E-state index is -0.491. The van der Waals surface area contributed by atoms with E-state index in [1.165, 1.54) is 0 Å². The third-order valence-corrected chi connectivity index (χ3v) is 3.41. The Hall–Kier alpha value is -0.890. The fourth-order valence-corrected chi connectivity index (χ4v) is 2.37. The summed E-state index contributed by atoms with van der Waals surface area (Å²) in [7, 11) is 3.37. The number of nitrogens with zero attached hydrogens (tertiary/aromatic N) is 1. The van der Waals surface area contributed by atoms with Gasteiger partial charge in [0, 0.05) is 45.9 Å². The zero-order valence-electron chi connectivity index (χ0n) is 15.6. The molecule has 0 spiro atoms. The molecule has 0 aliphatic heterocycles. The molecule has 0 radical (unpaired) electrons. The number of rotatable bonds is 11. The Morgan fingerprint density at radius 3 is 2.39 bits per heavy atom. The first-order chi connectivity index (χ1) is 10.7. The van der Waals surface area contributed by atoms with Gasteiger partial charge >= 0.3 is 6.09 Å². The van der Waals surface area contributed by atoms with E-state index in [0.717, 1.165) is 13.0 Å². The molecule has 0 saturated heterocycles. The molecule has 7 nitrogen and oxygen atoms in total. The van der Waals surface area contributed by atoms with Crippen LogP contribution < -0.4 is 11.1 Å². The highest BCUT2D eigenvalue weighted by atomic mass is 16.6. The van der Waals surface area contributed by atoms with Gasteiger partial charge in [0.1, 0.15) is 5.60 Å². The molecule has 0 rings (SSSR count). The van der Waals surface area contributed by atoms with Gasteiger partial charge in [0.25, 0.3) is 0 Å². The summed E-state index contributed by atoms with van der Waals surface area (Å²) < 4.78 is 15.7. The first-order valence-corrected chi connectivity index (χ1v) is 8.15. The zero-order chi connectivity index (χ0) is 17.9. The van der Waals surface area contributed by atoms with E-state index in [1.807, 2.05) is 20.8 Å². The van der Waals surface area contributed by atoms with E-state index in [2.05, 4.69) is 17.1 Å². The number of hydrogen-bond donors (Lipinski definition) is 2. The lowest BCUT2D eigenvalue weighted by atomic mass is 10.1. The number of methoxy groups -OCH3 is 2. The van der Waals surface area contributed by atoms with Gasteiger partial charge in [0.05, 0.1) is 13.2 Å². The summed E-state index contributed by atoms with van der Waals surface area (Å²) in [5, 5.41) is 2.78. The first kappa shape index (κ1) is 22.1. The molecule has 23 heavy (non-hydrogen) atoms. The van der Waals surface area contributed by atoms with Crippen molar-refractivity contribution in [3.05, 3.63) is 0 Å². The summed E-state index contributed by atoms with van der Waals surface area (Å²) in [5.74, 6) is 0. The number of carbonyl (C=O) groups is 1. The second-order valence-electron chi connectivity index (χ2n) is 6.64. The summed E-state index contributed by atoms with van der Waals surface area (Å²) in [6, 6.07) is 0.371. The third-order valence-electron chi connectivity index (χ3n) is 3.41. The normalized spacial score (nSPS) is 14.6. The summed E-state index contributed by atoms with van der Waals surface area (Å²) in [4.78, 5) is 14.0. The maximum Gasteiger partial charge on any atom is 0.407 e. The van der Waals surface area contributed by atoms with Gasteiger partial charge < -0.3 is 25.3 Å². The number of nitrogens with one attached hydrogen (secondary N) is 1. The molecule has 0 heterocycles. The van der Waals surface area contributed by atoms with Crippen LogP contribution in [0.15, 0.2) is 0 Å². The molecule has 2 atom stereocenters. The lowest BCUT2D eigenvalue weighted by Gasteiger charge is -2.35. The minimum Gasteiger partial charge on any atom is -0.444 e. The number of carbonyl (C=O) groups excluding carboxylic acids is 1. The van der Waals surface area contributed by atoms with Gasteiger partial charge in [0.15, 0.2) is 0 Å². The predicted octanol–water partition coefficient (Wildman–Crippen LogP) is 1.21. The molecule has 0 aliphatic carbocycles. The fourth-order valence-electron chi connectivity index (χ4n) is 2.37. The van der Waals surface area contributed by atoms with Crippen molar-refractivity contribution in [1.82, 2.24) is 10.2 Å². The van der Waals surface area contributed by atoms with Crippen molar-refractivity contribution in [3.63, 3.8) is 0 Å². The van der Waals surface area contributed by atoms with Crippen molar-refractivity contribution in [1.29, 1.82) is 0 Å². The van der Waals surface area contributed by atoms with E-state index in [-0.39, 0.29) is 12.1 Å². The lowest BCUT2D eigenvalue weighted by Crippen LogP contribution is -2.50. The molecular formula is C16H35N3O4. The molecule has 0 aromatic carbocycles. The summed E-state index contributed by atoms with van der Waals surface area (Å²) >= 11 is 0. The van der Waals surface area contributed by atoms with Gasteiger partial charge in [-0.2, -0.15) is 0 Å². The van der Waals surface area contributed by atoms with Crippen LogP contribution >= 0.6 is 0 Å². The highest BCUT2D eigenvalue weighted by Gasteiger charge is 2.23. The molecule has 7 heteroatoms. The van der Waals surface area contributed by atoms with Crippen molar-refractivity contribution >= 4 is 6.09 Å². The van der Waals surface area contributed by atoms with Crippen molar-refractivity contribution in [2.75, 3.05) is 47.1 Å². The van der Waals surface area contributed by atoms with E-state index < -0.39 is 11.7 Å². The second-order valence-corrected chi connectivity index (χ2v) is 6.64. The topological polar surface area (TPSA) is 86.0 Å². The average Bonchev–Trinajstić information content (AvgIpc) is 2.44. The minimum absolute atomic E-state index is 0.144. The molecule has 0 fully saturated rings. The van der Waals surface area contributed by atoms with Crippen LogP contribution in [0.25, 0.3) is 0 Å². The van der Waals surface area contributed by atoms with Crippen LogP contribution in [0.5, 0.6) is 0 Å². The number of ether oxygens (including phenoxy) is 3. The molecule has 0 aromatic heterocycles. The number of amides is 1. The van der Waals surface area contributed by atoms with Gasteiger partial charge in [-0.05, 0) is 34.1 Å². The van der Waals surface area contributed by atoms with E-state index >= 15 is 0 Å². The predicted molar refractivity (Wildman–Crippen MR) is 91.6 cm³/mol.